The van der Waals surface area contributed by atoms with E-state index in [1.54, 1.807) is 11.6 Å². The van der Waals surface area contributed by atoms with Gasteiger partial charge in [-0.1, -0.05) is 83.4 Å². The fourth-order valence-corrected chi connectivity index (χ4v) is 3.68. The van der Waals surface area contributed by atoms with Crippen molar-refractivity contribution in [1.82, 2.24) is 9.97 Å². The van der Waals surface area contributed by atoms with Crippen LogP contribution < -0.4 is 4.74 Å². The molecule has 3 nitrogen and oxygen atoms in total. The highest BCUT2D eigenvalue weighted by molar-refractivity contribution is 7.79. The summed E-state index contributed by atoms with van der Waals surface area (Å²) in [5.41, 5.74) is 4.95. The fraction of sp³-hybridized carbons (Fsp3) is 0.0417. The molecule has 154 valence electrons. The molecule has 0 N–H and O–H groups in total. The molecule has 4 aromatic rings. The van der Waals surface area contributed by atoms with Crippen LogP contribution in [0.5, 0.6) is 6.01 Å². The normalized spacial score (nSPS) is 10.7. The number of nitrogens with zero attached hydrogens (tertiary/aromatic N) is 2. The first kappa shape index (κ1) is 21.7. The van der Waals surface area contributed by atoms with Crippen LogP contribution in [0.3, 0.4) is 0 Å². The topological polar surface area (TPSA) is 35.0 Å². The second-order valence-electron chi connectivity index (χ2n) is 6.69. The summed E-state index contributed by atoms with van der Waals surface area (Å²) < 4.78 is 5.84. The van der Waals surface area contributed by atoms with E-state index in [4.69, 9.17) is 51.8 Å². The molecule has 0 aliphatic rings. The lowest BCUT2D eigenvalue weighted by atomic mass is 10.00. The zero-order chi connectivity index (χ0) is 21.8. The molecule has 7 heteroatoms. The van der Waals surface area contributed by atoms with Gasteiger partial charge < -0.3 is 4.74 Å². The van der Waals surface area contributed by atoms with E-state index in [-0.39, 0.29) is 6.01 Å². The molecule has 0 amide bonds. The van der Waals surface area contributed by atoms with Crippen LogP contribution in [-0.2, 0) is 6.61 Å². The van der Waals surface area contributed by atoms with E-state index >= 15 is 0 Å². The largest absolute Gasteiger partial charge is 0.459 e. The third-order valence-corrected chi connectivity index (χ3v) is 5.68. The van der Waals surface area contributed by atoms with Gasteiger partial charge in [-0.15, -0.1) is 0 Å². The number of benzene rings is 3. The first-order valence-electron chi connectivity index (χ1n) is 9.29. The fourth-order valence-electron chi connectivity index (χ4n) is 3.01. The Morgan fingerprint density at radius 2 is 1.52 bits per heavy atom. The maximum atomic E-state index is 6.57. The van der Waals surface area contributed by atoms with E-state index in [9.17, 15) is 0 Å². The van der Waals surface area contributed by atoms with Crippen LogP contribution in [0.25, 0.3) is 22.4 Å². The van der Waals surface area contributed by atoms with Crippen molar-refractivity contribution < 1.29 is 4.74 Å². The highest BCUT2D eigenvalue weighted by Crippen LogP contribution is 2.36. The van der Waals surface area contributed by atoms with Crippen molar-refractivity contribution in [3.8, 4) is 28.4 Å². The van der Waals surface area contributed by atoms with Gasteiger partial charge >= 0.3 is 6.01 Å². The monoisotopic (exact) mass is 484 g/mol. The molecule has 1 aromatic heterocycles. The van der Waals surface area contributed by atoms with E-state index < -0.39 is 0 Å². The minimum absolute atomic E-state index is 0.248. The van der Waals surface area contributed by atoms with Gasteiger partial charge in [0.25, 0.3) is 0 Å². The third-order valence-electron chi connectivity index (χ3n) is 4.59. The van der Waals surface area contributed by atoms with Gasteiger partial charge in [-0.2, -0.15) is 4.98 Å². The second-order valence-corrected chi connectivity index (χ2v) is 8.21. The lowest BCUT2D eigenvalue weighted by Gasteiger charge is -2.13. The third kappa shape index (κ3) is 5.23. The standard InChI is InChI=1S/C24H15Cl3N2OS/c25-18-6-1-15(2-7-18)13-30-24-28-12-21(17-4-8-19(26)9-5-17)23(29-24)20-10-3-16(14-31)11-22(20)27/h1-12,14H,13H2. The Labute approximate surface area is 200 Å². The SMILES string of the molecule is S=Cc1ccc(-c2nc(OCc3ccc(Cl)cc3)ncc2-c2ccc(Cl)cc2)c(Cl)c1. The molecule has 0 unspecified atom stereocenters. The lowest BCUT2D eigenvalue weighted by molar-refractivity contribution is 0.281. The molecule has 0 saturated carbocycles. The molecule has 1 heterocycles. The number of rotatable bonds is 6. The van der Waals surface area contributed by atoms with Crippen LogP contribution in [0.2, 0.25) is 15.1 Å². The molecule has 4 rings (SSSR count). The summed E-state index contributed by atoms with van der Waals surface area (Å²) in [6, 6.07) is 20.7. The molecular weight excluding hydrogens is 471 g/mol. The molecule has 0 fully saturated rings. The van der Waals surface area contributed by atoms with Gasteiger partial charge in [-0.3, -0.25) is 0 Å². The second kappa shape index (κ2) is 9.75. The van der Waals surface area contributed by atoms with Crippen molar-refractivity contribution in [1.29, 1.82) is 0 Å². The summed E-state index contributed by atoms with van der Waals surface area (Å²) in [5.74, 6) is 0. The summed E-state index contributed by atoms with van der Waals surface area (Å²) >= 11 is 23.6. The van der Waals surface area contributed by atoms with Crippen LogP contribution in [-0.4, -0.2) is 15.3 Å². The predicted octanol–water partition coefficient (Wildman–Crippen LogP) is 7.70. The highest BCUT2D eigenvalue weighted by atomic mass is 35.5. The van der Waals surface area contributed by atoms with Crippen LogP contribution in [0, 0.1) is 0 Å². The molecular formula is C24H15Cl3N2OS. The van der Waals surface area contributed by atoms with Gasteiger partial charge in [0.15, 0.2) is 0 Å². The minimum Gasteiger partial charge on any atom is -0.459 e. The first-order valence-corrected chi connectivity index (χ1v) is 10.9. The Kier molecular flexibility index (Phi) is 6.83. The van der Waals surface area contributed by atoms with Crippen molar-refractivity contribution in [2.45, 2.75) is 6.61 Å². The average Bonchev–Trinajstić information content (AvgIpc) is 2.79. The Hall–Kier alpha value is -2.50. The van der Waals surface area contributed by atoms with Crippen LogP contribution >= 0.6 is 47.0 Å². The number of halogens is 3. The van der Waals surface area contributed by atoms with E-state index in [2.05, 4.69) is 9.97 Å². The summed E-state index contributed by atoms with van der Waals surface area (Å²) in [7, 11) is 0. The lowest BCUT2D eigenvalue weighted by Crippen LogP contribution is -2.02. The number of thiocarbonyl (C=S) groups is 1. The number of aromatic nitrogens is 2. The molecule has 0 saturated heterocycles. The highest BCUT2D eigenvalue weighted by Gasteiger charge is 2.15. The van der Waals surface area contributed by atoms with E-state index in [1.165, 1.54) is 0 Å². The maximum absolute atomic E-state index is 6.57. The summed E-state index contributed by atoms with van der Waals surface area (Å²) in [5, 5.41) is 3.44. The van der Waals surface area contributed by atoms with Gasteiger partial charge in [0.05, 0.1) is 10.7 Å². The summed E-state index contributed by atoms with van der Waals surface area (Å²) in [6.45, 7) is 0.314. The zero-order valence-corrected chi connectivity index (χ0v) is 19.1. The van der Waals surface area contributed by atoms with Crippen molar-refractivity contribution in [2.24, 2.45) is 0 Å². The van der Waals surface area contributed by atoms with E-state index in [1.807, 2.05) is 66.7 Å². The molecule has 31 heavy (non-hydrogen) atoms. The zero-order valence-electron chi connectivity index (χ0n) is 16.1. The van der Waals surface area contributed by atoms with Gasteiger partial charge in [0.1, 0.15) is 6.61 Å². The van der Waals surface area contributed by atoms with Crippen molar-refractivity contribution in [3.63, 3.8) is 0 Å². The number of hydrogen-bond donors (Lipinski definition) is 0. The quantitative estimate of drug-likeness (QED) is 0.262. The Morgan fingerprint density at radius 1 is 0.839 bits per heavy atom. The van der Waals surface area contributed by atoms with Crippen LogP contribution in [0.4, 0.5) is 0 Å². The van der Waals surface area contributed by atoms with Crippen molar-refractivity contribution in [3.05, 3.63) is 99.1 Å². The number of ether oxygens (including phenoxy) is 1. The Balaban J connectivity index is 1.74. The summed E-state index contributed by atoms with van der Waals surface area (Å²) in [6.07, 6.45) is 1.73. The first-order chi connectivity index (χ1) is 15.0. The van der Waals surface area contributed by atoms with E-state index in [0.717, 1.165) is 27.8 Å². The number of hydrogen-bond acceptors (Lipinski definition) is 4. The molecule has 0 atom stereocenters. The van der Waals surface area contributed by atoms with Crippen LogP contribution in [0.1, 0.15) is 11.1 Å². The molecule has 0 bridgehead atoms. The van der Waals surface area contributed by atoms with Gasteiger partial charge in [-0.05, 0) is 47.0 Å². The van der Waals surface area contributed by atoms with Crippen molar-refractivity contribution >= 4 is 52.4 Å². The molecule has 0 aliphatic heterocycles. The van der Waals surface area contributed by atoms with E-state index in [0.29, 0.717) is 27.4 Å². The van der Waals surface area contributed by atoms with Gasteiger partial charge in [0, 0.05) is 32.7 Å². The van der Waals surface area contributed by atoms with Crippen molar-refractivity contribution in [2.75, 3.05) is 0 Å². The predicted molar refractivity (Wildman–Crippen MR) is 131 cm³/mol. The Morgan fingerprint density at radius 3 is 2.16 bits per heavy atom. The maximum Gasteiger partial charge on any atom is 0.317 e. The van der Waals surface area contributed by atoms with Crippen LogP contribution in [0.15, 0.2) is 72.9 Å². The molecule has 0 spiro atoms. The Bertz CT molecular complexity index is 1230. The summed E-state index contributed by atoms with van der Waals surface area (Å²) in [4.78, 5) is 9.08. The smallest absolute Gasteiger partial charge is 0.317 e. The minimum atomic E-state index is 0.248. The molecule has 0 aliphatic carbocycles. The van der Waals surface area contributed by atoms with Gasteiger partial charge in [0.2, 0.25) is 0 Å². The average molecular weight is 486 g/mol. The molecule has 3 aromatic carbocycles. The van der Waals surface area contributed by atoms with Gasteiger partial charge in [-0.25, -0.2) is 4.98 Å². The molecule has 0 radical (unpaired) electrons.